The Labute approximate surface area is 180 Å². The van der Waals surface area contributed by atoms with Gasteiger partial charge in [0.2, 0.25) is 0 Å². The predicted molar refractivity (Wildman–Crippen MR) is 120 cm³/mol. The molecule has 1 saturated carbocycles. The molecule has 0 aromatic carbocycles. The van der Waals surface area contributed by atoms with Crippen LogP contribution in [0.25, 0.3) is 0 Å². The van der Waals surface area contributed by atoms with Crippen molar-refractivity contribution in [2.75, 3.05) is 46.9 Å². The fourth-order valence-corrected chi connectivity index (χ4v) is 4.14. The Hall–Kier alpha value is -0.800. The number of ether oxygens (including phenoxy) is 1. The number of likely N-dealkylation sites (tertiary alicyclic amines) is 1. The molecule has 154 valence electrons. The Bertz CT molecular complexity index is 554. The molecule has 1 aromatic heterocycles. The van der Waals surface area contributed by atoms with E-state index in [1.54, 1.807) is 13.4 Å². The summed E-state index contributed by atoms with van der Waals surface area (Å²) >= 11 is 0. The highest BCUT2D eigenvalue weighted by Gasteiger charge is 2.36. The second kappa shape index (κ2) is 11.3. The molecular weight excluding hydrogens is 455 g/mol. The Kier molecular flexibility index (Phi) is 9.38. The second-order valence-corrected chi connectivity index (χ2v) is 7.68. The fraction of sp³-hybridized carbons (Fsp3) is 0.750. The molecule has 27 heavy (non-hydrogen) atoms. The molecule has 1 aromatic rings. The number of aliphatic imine (C=N–C) groups is 1. The van der Waals surface area contributed by atoms with Crippen molar-refractivity contribution in [2.45, 2.75) is 44.6 Å². The lowest BCUT2D eigenvalue weighted by Gasteiger charge is -2.42. The minimum atomic E-state index is 0. The third-order valence-corrected chi connectivity index (χ3v) is 6.02. The third-order valence-electron chi connectivity index (χ3n) is 6.02. The van der Waals surface area contributed by atoms with Crippen molar-refractivity contribution in [3.63, 3.8) is 0 Å². The summed E-state index contributed by atoms with van der Waals surface area (Å²) in [6, 6.07) is 4.31. The van der Waals surface area contributed by atoms with Crippen molar-refractivity contribution < 1.29 is 9.15 Å². The lowest BCUT2D eigenvalue weighted by Crippen LogP contribution is -2.48. The number of nitrogens with zero attached hydrogens (tertiary/aromatic N) is 2. The van der Waals surface area contributed by atoms with Crippen LogP contribution in [0.3, 0.4) is 0 Å². The van der Waals surface area contributed by atoms with Gasteiger partial charge in [0.05, 0.1) is 12.3 Å². The number of halogens is 1. The van der Waals surface area contributed by atoms with Gasteiger partial charge in [0.25, 0.3) is 0 Å². The van der Waals surface area contributed by atoms with E-state index in [2.05, 4.69) is 26.6 Å². The van der Waals surface area contributed by atoms with Gasteiger partial charge in [-0.3, -0.25) is 9.89 Å². The summed E-state index contributed by atoms with van der Waals surface area (Å²) in [5.41, 5.74) is 0.378. The van der Waals surface area contributed by atoms with Crippen molar-refractivity contribution in [1.82, 2.24) is 15.5 Å². The van der Waals surface area contributed by atoms with Crippen LogP contribution in [0.2, 0.25) is 0 Å². The van der Waals surface area contributed by atoms with Crippen LogP contribution in [0.4, 0.5) is 0 Å². The summed E-state index contributed by atoms with van der Waals surface area (Å²) in [5, 5.41) is 7.06. The first kappa shape index (κ1) is 22.5. The number of nitrogens with one attached hydrogen (secondary N) is 2. The molecule has 1 unspecified atom stereocenters. The second-order valence-electron chi connectivity index (χ2n) is 7.68. The maximum absolute atomic E-state index is 5.70. The van der Waals surface area contributed by atoms with Crippen LogP contribution in [-0.4, -0.2) is 57.8 Å². The molecule has 6 nitrogen and oxygen atoms in total. The summed E-state index contributed by atoms with van der Waals surface area (Å²) in [5.74, 6) is 1.91. The van der Waals surface area contributed by atoms with Crippen LogP contribution in [0.15, 0.2) is 27.8 Å². The predicted octanol–water partition coefficient (Wildman–Crippen LogP) is 3.41. The van der Waals surface area contributed by atoms with Gasteiger partial charge in [0.15, 0.2) is 5.96 Å². The van der Waals surface area contributed by atoms with Gasteiger partial charge in [-0.25, -0.2) is 0 Å². The number of methoxy groups -OCH3 is 1. The van der Waals surface area contributed by atoms with Crippen LogP contribution >= 0.6 is 24.0 Å². The summed E-state index contributed by atoms with van der Waals surface area (Å²) in [4.78, 5) is 6.93. The van der Waals surface area contributed by atoms with Gasteiger partial charge in [-0.15, -0.1) is 24.0 Å². The molecule has 1 aliphatic carbocycles. The largest absolute Gasteiger partial charge is 0.468 e. The molecule has 0 radical (unpaired) electrons. The van der Waals surface area contributed by atoms with E-state index in [0.717, 1.165) is 50.9 Å². The van der Waals surface area contributed by atoms with Crippen LogP contribution < -0.4 is 10.6 Å². The molecule has 1 saturated heterocycles. The zero-order valence-corrected chi connectivity index (χ0v) is 19.0. The molecule has 0 amide bonds. The molecule has 2 N–H and O–H groups in total. The van der Waals surface area contributed by atoms with Crippen LogP contribution in [0.5, 0.6) is 0 Å². The molecule has 2 heterocycles. The summed E-state index contributed by atoms with van der Waals surface area (Å²) in [7, 11) is 3.63. The minimum absolute atomic E-state index is 0. The average Bonchev–Trinajstić information content (AvgIpc) is 3.33. The van der Waals surface area contributed by atoms with Crippen molar-refractivity contribution in [2.24, 2.45) is 10.4 Å². The first-order valence-electron chi connectivity index (χ1n) is 9.97. The molecule has 1 aliphatic heterocycles. The molecule has 0 bridgehead atoms. The van der Waals surface area contributed by atoms with Gasteiger partial charge in [-0.2, -0.15) is 0 Å². The molecule has 1 atom stereocenters. The van der Waals surface area contributed by atoms with Crippen molar-refractivity contribution in [1.29, 1.82) is 0 Å². The van der Waals surface area contributed by atoms with E-state index in [0.29, 0.717) is 5.41 Å². The Balaban J connectivity index is 0.00000261. The molecule has 2 fully saturated rings. The average molecular weight is 490 g/mol. The Morgan fingerprint density at radius 2 is 2.07 bits per heavy atom. The zero-order chi connectivity index (χ0) is 18.2. The monoisotopic (exact) mass is 490 g/mol. The maximum Gasteiger partial charge on any atom is 0.191 e. The van der Waals surface area contributed by atoms with E-state index >= 15 is 0 Å². The quantitative estimate of drug-likeness (QED) is 0.316. The van der Waals surface area contributed by atoms with Gasteiger partial charge in [0.1, 0.15) is 5.76 Å². The summed E-state index contributed by atoms with van der Waals surface area (Å²) < 4.78 is 11.0. The lowest BCUT2D eigenvalue weighted by atomic mass is 9.67. The smallest absolute Gasteiger partial charge is 0.191 e. The van der Waals surface area contributed by atoms with E-state index in [1.165, 1.54) is 32.1 Å². The number of hydrogen-bond acceptors (Lipinski definition) is 4. The number of furan rings is 1. The van der Waals surface area contributed by atoms with Crippen LogP contribution in [0.1, 0.15) is 50.3 Å². The van der Waals surface area contributed by atoms with Crippen molar-refractivity contribution in [3.8, 4) is 0 Å². The standard InChI is InChI=1S/C20H34N4O2.HI/c1-21-19(23-16-20(8-6-9-20)10-14-25-2)22-15-17(18-7-5-13-26-18)24-11-3-4-12-24;/h5,7,13,17H,3-4,6,8-12,14-16H2,1-2H3,(H2,21,22,23);1H. The maximum atomic E-state index is 5.70. The van der Waals surface area contributed by atoms with Gasteiger partial charge >= 0.3 is 0 Å². The SMILES string of the molecule is CN=C(NCC(c1ccco1)N1CCCC1)NCC1(CCOC)CCC1.I. The zero-order valence-electron chi connectivity index (χ0n) is 16.7. The molecule has 0 spiro atoms. The van der Waals surface area contributed by atoms with Gasteiger partial charge in [-0.05, 0) is 62.7 Å². The summed E-state index contributed by atoms with van der Waals surface area (Å²) in [6.07, 6.45) is 9.32. The van der Waals surface area contributed by atoms with Gasteiger partial charge in [-0.1, -0.05) is 6.42 Å². The Morgan fingerprint density at radius 1 is 1.30 bits per heavy atom. The number of guanidine groups is 1. The van der Waals surface area contributed by atoms with Gasteiger partial charge < -0.3 is 19.8 Å². The van der Waals surface area contributed by atoms with Crippen molar-refractivity contribution in [3.05, 3.63) is 24.2 Å². The first-order chi connectivity index (χ1) is 12.8. The fourth-order valence-electron chi connectivity index (χ4n) is 4.14. The van der Waals surface area contributed by atoms with E-state index in [4.69, 9.17) is 9.15 Å². The van der Waals surface area contributed by atoms with E-state index in [-0.39, 0.29) is 30.0 Å². The minimum Gasteiger partial charge on any atom is -0.468 e. The van der Waals surface area contributed by atoms with Gasteiger partial charge in [0, 0.05) is 33.9 Å². The molecule has 3 rings (SSSR count). The highest BCUT2D eigenvalue weighted by molar-refractivity contribution is 14.0. The summed E-state index contributed by atoms with van der Waals surface area (Å²) in [6.45, 7) is 4.88. The van der Waals surface area contributed by atoms with Crippen molar-refractivity contribution >= 4 is 29.9 Å². The van der Waals surface area contributed by atoms with Crippen LogP contribution in [0, 0.1) is 5.41 Å². The first-order valence-corrected chi connectivity index (χ1v) is 9.97. The topological polar surface area (TPSA) is 62.0 Å². The Morgan fingerprint density at radius 3 is 2.63 bits per heavy atom. The lowest BCUT2D eigenvalue weighted by molar-refractivity contribution is 0.0732. The molecular formula is C20H35IN4O2. The number of hydrogen-bond donors (Lipinski definition) is 2. The number of rotatable bonds is 9. The third kappa shape index (κ3) is 6.09. The van der Waals surface area contributed by atoms with Crippen LogP contribution in [-0.2, 0) is 4.74 Å². The molecule has 7 heteroatoms. The highest BCUT2D eigenvalue weighted by Crippen LogP contribution is 2.43. The van der Waals surface area contributed by atoms with E-state index in [9.17, 15) is 0 Å². The van der Waals surface area contributed by atoms with E-state index < -0.39 is 0 Å². The normalized spacial score (nSPS) is 20.6. The van der Waals surface area contributed by atoms with E-state index in [1.807, 2.05) is 13.1 Å². The molecule has 2 aliphatic rings. The highest BCUT2D eigenvalue weighted by atomic mass is 127.